The highest BCUT2D eigenvalue weighted by Crippen LogP contribution is 2.25. The minimum atomic E-state index is -0.495. The molecule has 8 heteroatoms. The van der Waals surface area contributed by atoms with Crippen molar-refractivity contribution in [3.05, 3.63) is 82.6 Å². The van der Waals surface area contributed by atoms with E-state index in [0.717, 1.165) is 22.2 Å². The summed E-state index contributed by atoms with van der Waals surface area (Å²) in [5, 5.41) is 17.8. The molecule has 0 aliphatic carbocycles. The number of rotatable bonds is 5. The van der Waals surface area contributed by atoms with E-state index >= 15 is 0 Å². The van der Waals surface area contributed by atoms with Crippen LogP contribution in [0.2, 0.25) is 5.02 Å². The molecule has 1 amide bonds. The first kappa shape index (κ1) is 19.2. The van der Waals surface area contributed by atoms with Crippen LogP contribution in [-0.4, -0.2) is 25.8 Å². The van der Waals surface area contributed by atoms with E-state index < -0.39 is 5.91 Å². The van der Waals surface area contributed by atoms with Gasteiger partial charge in [-0.05, 0) is 48.3 Å². The quantitative estimate of drug-likeness (QED) is 0.271. The van der Waals surface area contributed by atoms with Gasteiger partial charge >= 0.3 is 0 Å². The van der Waals surface area contributed by atoms with Gasteiger partial charge in [0.15, 0.2) is 5.71 Å². The number of oxime groups is 1. The lowest BCUT2D eigenvalue weighted by Crippen LogP contribution is -2.23. The van der Waals surface area contributed by atoms with Crippen LogP contribution in [0, 0.1) is 6.92 Å². The van der Waals surface area contributed by atoms with Crippen molar-refractivity contribution in [2.24, 2.45) is 5.16 Å². The fraction of sp³-hybridized carbons (Fsp3) is 0.0952. The molecule has 2 aromatic carbocycles. The Bertz CT molecular complexity index is 1210. The van der Waals surface area contributed by atoms with Gasteiger partial charge in [-0.2, -0.15) is 4.37 Å². The summed E-state index contributed by atoms with van der Waals surface area (Å²) in [5.74, 6) is -0.495. The number of anilines is 1. The Labute approximate surface area is 176 Å². The predicted octanol–water partition coefficient (Wildman–Crippen LogP) is 4.92. The minimum absolute atomic E-state index is 0.0536. The van der Waals surface area contributed by atoms with Crippen molar-refractivity contribution in [2.75, 3.05) is 5.32 Å². The molecule has 0 saturated heterocycles. The molecule has 0 fully saturated rings. The van der Waals surface area contributed by atoms with Gasteiger partial charge in [0.2, 0.25) is 0 Å². The molecule has 2 N–H and O–H groups in total. The lowest BCUT2D eigenvalue weighted by atomic mass is 10.1. The van der Waals surface area contributed by atoms with Crippen LogP contribution in [0.3, 0.4) is 0 Å². The molecule has 6 nitrogen and oxygen atoms in total. The third-order valence-corrected chi connectivity index (χ3v) is 5.54. The van der Waals surface area contributed by atoms with Gasteiger partial charge in [-0.3, -0.25) is 4.79 Å². The third-order valence-electron chi connectivity index (χ3n) is 4.49. The SMILES string of the molecule is Cc1cc(NC(=O)C(=NO)c2cn(Cc3ccc(Cl)cc3)c3ccccc23)sn1. The van der Waals surface area contributed by atoms with E-state index in [1.54, 1.807) is 6.07 Å². The van der Waals surface area contributed by atoms with E-state index in [4.69, 9.17) is 11.6 Å². The van der Waals surface area contributed by atoms with Crippen molar-refractivity contribution < 1.29 is 10.0 Å². The summed E-state index contributed by atoms with van der Waals surface area (Å²) in [6.45, 7) is 2.43. The number of nitrogens with zero attached hydrogens (tertiary/aromatic N) is 3. The van der Waals surface area contributed by atoms with Crippen LogP contribution in [0.4, 0.5) is 5.00 Å². The molecule has 4 aromatic rings. The maximum absolute atomic E-state index is 12.8. The number of amides is 1. The van der Waals surface area contributed by atoms with Crippen LogP contribution in [0.15, 0.2) is 65.9 Å². The number of carbonyl (C=O) groups excluding carboxylic acids is 1. The lowest BCUT2D eigenvalue weighted by molar-refractivity contribution is -0.110. The molecule has 0 saturated carbocycles. The molecule has 0 spiro atoms. The zero-order chi connectivity index (χ0) is 20.4. The molecule has 2 heterocycles. The molecular weight excluding hydrogens is 408 g/mol. The zero-order valence-electron chi connectivity index (χ0n) is 15.5. The van der Waals surface area contributed by atoms with E-state index in [-0.39, 0.29) is 5.71 Å². The van der Waals surface area contributed by atoms with Gasteiger partial charge < -0.3 is 15.1 Å². The summed E-state index contributed by atoms with van der Waals surface area (Å²) < 4.78 is 6.16. The molecule has 146 valence electrons. The monoisotopic (exact) mass is 424 g/mol. The van der Waals surface area contributed by atoms with E-state index in [9.17, 15) is 10.0 Å². The third kappa shape index (κ3) is 4.01. The van der Waals surface area contributed by atoms with Crippen molar-refractivity contribution in [1.82, 2.24) is 8.94 Å². The standard InChI is InChI=1S/C21H17ClN4O2S/c1-13-10-19(29-25-13)23-21(27)20(24-28)17-12-26(18-5-3-2-4-16(17)18)11-14-6-8-15(22)9-7-14/h2-10,12,28H,11H2,1H3,(H,23,27). The van der Waals surface area contributed by atoms with Gasteiger partial charge in [0, 0.05) is 34.2 Å². The number of benzene rings is 2. The number of fused-ring (bicyclic) bond motifs is 1. The summed E-state index contributed by atoms with van der Waals surface area (Å²) >= 11 is 7.16. The van der Waals surface area contributed by atoms with E-state index in [2.05, 4.69) is 14.8 Å². The van der Waals surface area contributed by atoms with Crippen LogP contribution in [0.1, 0.15) is 16.8 Å². The average molecular weight is 425 g/mol. The van der Waals surface area contributed by atoms with E-state index in [1.165, 1.54) is 11.5 Å². The number of aryl methyl sites for hydroxylation is 1. The molecule has 4 rings (SSSR count). The number of para-hydroxylation sites is 1. The molecular formula is C21H17ClN4O2S. The molecule has 29 heavy (non-hydrogen) atoms. The van der Waals surface area contributed by atoms with Crippen molar-refractivity contribution in [3.63, 3.8) is 0 Å². The summed E-state index contributed by atoms with van der Waals surface area (Å²) in [6, 6.07) is 17.0. The maximum Gasteiger partial charge on any atom is 0.279 e. The Morgan fingerprint density at radius 3 is 2.69 bits per heavy atom. The molecule has 0 unspecified atom stereocenters. The zero-order valence-corrected chi connectivity index (χ0v) is 17.0. The minimum Gasteiger partial charge on any atom is -0.410 e. The number of hydrogen-bond donors (Lipinski definition) is 2. The van der Waals surface area contributed by atoms with Crippen molar-refractivity contribution in [1.29, 1.82) is 0 Å². The molecule has 0 aliphatic heterocycles. The van der Waals surface area contributed by atoms with Crippen molar-refractivity contribution in [3.8, 4) is 0 Å². The topological polar surface area (TPSA) is 79.5 Å². The summed E-state index contributed by atoms with van der Waals surface area (Å²) in [4.78, 5) is 12.8. The first-order chi connectivity index (χ1) is 14.0. The number of hydrogen-bond acceptors (Lipinski definition) is 5. The lowest BCUT2D eigenvalue weighted by Gasteiger charge is -2.05. The fourth-order valence-electron chi connectivity index (χ4n) is 3.17. The Hall–Kier alpha value is -3.16. The Morgan fingerprint density at radius 2 is 2.00 bits per heavy atom. The molecule has 0 radical (unpaired) electrons. The van der Waals surface area contributed by atoms with Crippen LogP contribution >= 0.6 is 23.1 Å². The second-order valence-corrected chi connectivity index (χ2v) is 7.79. The van der Waals surface area contributed by atoms with E-state index in [0.29, 0.717) is 22.1 Å². The fourth-order valence-corrected chi connectivity index (χ4v) is 3.95. The first-order valence-electron chi connectivity index (χ1n) is 8.84. The van der Waals surface area contributed by atoms with Gasteiger partial charge in [0.25, 0.3) is 5.91 Å². The highest BCUT2D eigenvalue weighted by atomic mass is 35.5. The summed E-state index contributed by atoms with van der Waals surface area (Å²) in [5.41, 5.74) is 3.30. The number of aromatic nitrogens is 2. The van der Waals surface area contributed by atoms with Gasteiger partial charge in [-0.15, -0.1) is 0 Å². The molecule has 0 bridgehead atoms. The van der Waals surface area contributed by atoms with Crippen LogP contribution in [0.5, 0.6) is 0 Å². The largest absolute Gasteiger partial charge is 0.410 e. The highest BCUT2D eigenvalue weighted by Gasteiger charge is 2.21. The number of halogens is 1. The van der Waals surface area contributed by atoms with Crippen molar-refractivity contribution >= 4 is 50.7 Å². The predicted molar refractivity (Wildman–Crippen MR) is 116 cm³/mol. The smallest absolute Gasteiger partial charge is 0.279 e. The van der Waals surface area contributed by atoms with Crippen LogP contribution in [0.25, 0.3) is 10.9 Å². The molecule has 0 aliphatic rings. The molecule has 0 atom stereocenters. The Kier molecular flexibility index (Phi) is 5.33. The Morgan fingerprint density at radius 1 is 1.24 bits per heavy atom. The highest BCUT2D eigenvalue weighted by molar-refractivity contribution is 7.10. The van der Waals surface area contributed by atoms with Gasteiger partial charge in [-0.1, -0.05) is 47.1 Å². The first-order valence-corrected chi connectivity index (χ1v) is 9.99. The number of carbonyl (C=O) groups is 1. The van der Waals surface area contributed by atoms with Gasteiger partial charge in [0.1, 0.15) is 5.00 Å². The van der Waals surface area contributed by atoms with Crippen LogP contribution < -0.4 is 5.32 Å². The van der Waals surface area contributed by atoms with Crippen LogP contribution in [-0.2, 0) is 11.3 Å². The summed E-state index contributed by atoms with van der Waals surface area (Å²) in [7, 11) is 0. The Balaban J connectivity index is 1.70. The van der Waals surface area contributed by atoms with Gasteiger partial charge in [0.05, 0.1) is 5.69 Å². The summed E-state index contributed by atoms with van der Waals surface area (Å²) in [6.07, 6.45) is 1.83. The second kappa shape index (κ2) is 8.06. The maximum atomic E-state index is 12.8. The molecule has 2 aromatic heterocycles. The second-order valence-electron chi connectivity index (χ2n) is 6.55. The van der Waals surface area contributed by atoms with Gasteiger partial charge in [-0.25, -0.2) is 0 Å². The van der Waals surface area contributed by atoms with Crippen molar-refractivity contribution in [2.45, 2.75) is 13.5 Å². The average Bonchev–Trinajstić information content (AvgIpc) is 3.28. The van der Waals surface area contributed by atoms with E-state index in [1.807, 2.05) is 66.2 Å². The number of nitrogens with one attached hydrogen (secondary N) is 1. The normalized spacial score (nSPS) is 11.7.